The largest absolute Gasteiger partial charge is 4.00 e. The van der Waals surface area contributed by atoms with Gasteiger partial charge in [0.25, 0.3) is 0 Å². The maximum atomic E-state index is 2.28. The molecule has 0 N–H and O–H groups in total. The fraction of sp³-hybridized carbons (Fsp3) is 0.172. The zero-order valence-corrected chi connectivity index (χ0v) is 23.0. The minimum Gasteiger partial charge on any atom is -1.00 e. The quantitative estimate of drug-likeness (QED) is 0.303. The molecule has 5 aromatic carbocycles. The van der Waals surface area contributed by atoms with Crippen LogP contribution in [0.3, 0.4) is 0 Å². The number of benzene rings is 3. The molecule has 0 fully saturated rings. The van der Waals surface area contributed by atoms with E-state index in [4.69, 9.17) is 0 Å². The normalized spacial score (nSPS) is 10.0. The average molecular weight is 539 g/mol. The van der Waals surface area contributed by atoms with Gasteiger partial charge in [-0.15, -0.1) is 74.6 Å². The van der Waals surface area contributed by atoms with Crippen LogP contribution >= 0.6 is 0 Å². The molecule has 0 aromatic heterocycles. The zero-order chi connectivity index (χ0) is 20.4. The van der Waals surface area contributed by atoms with E-state index in [-0.39, 0.29) is 51.0 Å². The molecular weight excluding hydrogens is 510 g/mol. The Balaban J connectivity index is 0.000000307. The number of hydrogen-bond donors (Lipinski definition) is 0. The van der Waals surface area contributed by atoms with Crippen molar-refractivity contribution in [1.29, 1.82) is 0 Å². The first-order chi connectivity index (χ1) is 14.0. The van der Waals surface area contributed by atoms with Crippen LogP contribution in [0.1, 0.15) is 36.5 Å². The van der Waals surface area contributed by atoms with Gasteiger partial charge in [-0.3, -0.25) is 0 Å². The van der Waals surface area contributed by atoms with Gasteiger partial charge in [-0.05, 0) is 11.5 Å². The van der Waals surface area contributed by atoms with Crippen molar-refractivity contribution < 1.29 is 51.0 Å². The molecular formula is C29H28Cl2Zr. The van der Waals surface area contributed by atoms with Crippen molar-refractivity contribution in [1.82, 2.24) is 0 Å². The van der Waals surface area contributed by atoms with Crippen molar-refractivity contribution in [2.24, 2.45) is 0 Å². The van der Waals surface area contributed by atoms with Crippen molar-refractivity contribution >= 4 is 21.5 Å². The number of rotatable bonds is 2. The van der Waals surface area contributed by atoms with Gasteiger partial charge in [-0.1, -0.05) is 75.7 Å². The second-order valence-corrected chi connectivity index (χ2v) is 8.23. The first kappa shape index (κ1) is 28.4. The third kappa shape index (κ3) is 6.23. The Morgan fingerprint density at radius 3 is 2.03 bits per heavy atom. The molecule has 162 valence electrons. The summed E-state index contributed by atoms with van der Waals surface area (Å²) in [6.45, 7) is 8.80. The monoisotopic (exact) mass is 536 g/mol. The van der Waals surface area contributed by atoms with Gasteiger partial charge in [0, 0.05) is 0 Å². The number of fused-ring (bicyclic) bond motifs is 2. The van der Waals surface area contributed by atoms with Crippen molar-refractivity contribution in [2.75, 3.05) is 0 Å². The van der Waals surface area contributed by atoms with E-state index in [2.05, 4.69) is 119 Å². The fourth-order valence-corrected chi connectivity index (χ4v) is 3.97. The Kier molecular flexibility index (Phi) is 11.1. The smallest absolute Gasteiger partial charge is 1.00 e. The van der Waals surface area contributed by atoms with Crippen LogP contribution in [0.15, 0.2) is 91.0 Å². The molecule has 0 bridgehead atoms. The summed E-state index contributed by atoms with van der Waals surface area (Å²) < 4.78 is 0. The third-order valence-corrected chi connectivity index (χ3v) is 5.64. The predicted molar refractivity (Wildman–Crippen MR) is 128 cm³/mol. The van der Waals surface area contributed by atoms with E-state index in [1.807, 2.05) is 0 Å². The van der Waals surface area contributed by atoms with Crippen LogP contribution in [0.4, 0.5) is 0 Å². The molecule has 0 aliphatic rings. The summed E-state index contributed by atoms with van der Waals surface area (Å²) in [5.74, 6) is 0.636. The molecule has 0 unspecified atom stereocenters. The van der Waals surface area contributed by atoms with E-state index in [0.717, 1.165) is 0 Å². The predicted octanol–water partition coefficient (Wildman–Crippen LogP) is 2.53. The van der Waals surface area contributed by atoms with Crippen LogP contribution in [0.5, 0.6) is 0 Å². The molecule has 5 aromatic rings. The van der Waals surface area contributed by atoms with Gasteiger partial charge < -0.3 is 24.8 Å². The number of hydrogen-bond acceptors (Lipinski definition) is 0. The molecule has 0 nitrogen and oxygen atoms in total. The SMILES string of the molecule is CC(C)c1cc2ccccc2[cH-]1.Cc1cc2c(-c3ccccc3)ccc(C)c2[cH-]1.[Cl-].[Cl-].[Zr+4]. The van der Waals surface area contributed by atoms with Gasteiger partial charge in [0.2, 0.25) is 0 Å². The molecule has 0 saturated carbocycles. The first-order valence-electron chi connectivity index (χ1n) is 10.4. The van der Waals surface area contributed by atoms with Gasteiger partial charge in [0.15, 0.2) is 0 Å². The molecule has 0 saturated heterocycles. The maximum Gasteiger partial charge on any atom is 4.00 e. The summed E-state index contributed by atoms with van der Waals surface area (Å²) in [5, 5.41) is 5.47. The van der Waals surface area contributed by atoms with Crippen molar-refractivity contribution in [3.05, 3.63) is 108 Å². The zero-order valence-electron chi connectivity index (χ0n) is 19.0. The van der Waals surface area contributed by atoms with E-state index in [1.165, 1.54) is 49.4 Å². The number of halogens is 2. The van der Waals surface area contributed by atoms with E-state index >= 15 is 0 Å². The summed E-state index contributed by atoms with van der Waals surface area (Å²) in [6, 6.07) is 32.7. The summed E-state index contributed by atoms with van der Waals surface area (Å²) in [5.41, 5.74) is 6.76. The van der Waals surface area contributed by atoms with Gasteiger partial charge in [-0.25, -0.2) is 0 Å². The Hall–Kier alpha value is -1.66. The molecule has 5 rings (SSSR count). The van der Waals surface area contributed by atoms with Crippen molar-refractivity contribution in [3.63, 3.8) is 0 Å². The van der Waals surface area contributed by atoms with E-state index in [0.29, 0.717) is 5.92 Å². The molecule has 3 heteroatoms. The van der Waals surface area contributed by atoms with Crippen molar-refractivity contribution in [3.8, 4) is 11.1 Å². The standard InChI is InChI=1S/C17H15.C12H13.2ClH.Zr/c1-12-10-16-13(2)8-9-15(17(16)11-12)14-6-4-3-5-7-14;1-9(2)12-7-10-5-3-4-6-11(10)8-12;;;/h3-11H,1-2H3;3-9H,1-2H3;2*1H;/q2*-1;;;+4/p-2. The molecule has 32 heavy (non-hydrogen) atoms. The van der Waals surface area contributed by atoms with Gasteiger partial charge in [0.05, 0.1) is 0 Å². The van der Waals surface area contributed by atoms with Crippen molar-refractivity contribution in [2.45, 2.75) is 33.6 Å². The molecule has 0 radical (unpaired) electrons. The Morgan fingerprint density at radius 1 is 0.719 bits per heavy atom. The Labute approximate surface area is 223 Å². The molecule has 0 spiro atoms. The van der Waals surface area contributed by atoms with Gasteiger partial charge in [-0.2, -0.15) is 12.1 Å². The second-order valence-electron chi connectivity index (χ2n) is 8.23. The fourth-order valence-electron chi connectivity index (χ4n) is 3.97. The summed E-state index contributed by atoms with van der Waals surface area (Å²) in [6.07, 6.45) is 0. The van der Waals surface area contributed by atoms with Gasteiger partial charge >= 0.3 is 26.2 Å². The molecule has 0 heterocycles. The minimum atomic E-state index is 0. The van der Waals surface area contributed by atoms with Gasteiger partial charge in [0.1, 0.15) is 0 Å². The third-order valence-electron chi connectivity index (χ3n) is 5.64. The van der Waals surface area contributed by atoms with Crippen LogP contribution in [-0.2, 0) is 26.2 Å². The second kappa shape index (κ2) is 12.5. The van der Waals surface area contributed by atoms with Crippen LogP contribution < -0.4 is 24.8 Å². The van der Waals surface area contributed by atoms with Crippen LogP contribution in [0.25, 0.3) is 32.7 Å². The van der Waals surface area contributed by atoms with E-state index in [1.54, 1.807) is 0 Å². The van der Waals surface area contributed by atoms with E-state index < -0.39 is 0 Å². The molecule has 0 aliphatic heterocycles. The Morgan fingerprint density at radius 2 is 1.38 bits per heavy atom. The molecule has 0 aliphatic carbocycles. The van der Waals surface area contributed by atoms with Crippen LogP contribution in [0.2, 0.25) is 0 Å². The minimum absolute atomic E-state index is 0. The number of aryl methyl sites for hydroxylation is 2. The van der Waals surface area contributed by atoms with Crippen LogP contribution in [0, 0.1) is 13.8 Å². The first-order valence-corrected chi connectivity index (χ1v) is 10.4. The Bertz CT molecular complexity index is 1210. The molecule has 0 atom stereocenters. The summed E-state index contributed by atoms with van der Waals surface area (Å²) in [7, 11) is 0. The maximum absolute atomic E-state index is 2.28. The molecule has 0 amide bonds. The summed E-state index contributed by atoms with van der Waals surface area (Å²) in [4.78, 5) is 0. The van der Waals surface area contributed by atoms with Crippen LogP contribution in [-0.4, -0.2) is 0 Å². The topological polar surface area (TPSA) is 0 Å². The average Bonchev–Trinajstić information content (AvgIpc) is 3.33. The summed E-state index contributed by atoms with van der Waals surface area (Å²) >= 11 is 0. The van der Waals surface area contributed by atoms with E-state index in [9.17, 15) is 0 Å².